The van der Waals surface area contributed by atoms with E-state index in [1.165, 1.54) is 40.2 Å². The van der Waals surface area contributed by atoms with Crippen molar-refractivity contribution in [2.24, 2.45) is 13.0 Å². The molecule has 3 aliphatic rings. The van der Waals surface area contributed by atoms with Gasteiger partial charge in [-0.1, -0.05) is 12.1 Å². The highest BCUT2D eigenvalue weighted by atomic mass is 19.1. The minimum atomic E-state index is -1.74. The number of halogens is 1. The third-order valence-electron chi connectivity index (χ3n) is 11.8. The summed E-state index contributed by atoms with van der Waals surface area (Å²) in [4.78, 5) is 58.0. The minimum Gasteiger partial charge on any atom is -0.494 e. The molecule has 1 saturated carbocycles. The predicted molar refractivity (Wildman–Crippen MR) is 208 cm³/mol. The molecule has 56 heavy (non-hydrogen) atoms. The van der Waals surface area contributed by atoms with Crippen LogP contribution in [0.3, 0.4) is 0 Å². The molecule has 5 aromatic rings. The first-order chi connectivity index (χ1) is 26.8. The highest BCUT2D eigenvalue weighted by molar-refractivity contribution is 6.06. The van der Waals surface area contributed by atoms with Gasteiger partial charge < -0.3 is 19.7 Å². The van der Waals surface area contributed by atoms with Crippen LogP contribution in [0.1, 0.15) is 92.1 Å². The Kier molecular flexibility index (Phi) is 9.67. The van der Waals surface area contributed by atoms with Crippen LogP contribution in [0.2, 0.25) is 0 Å². The van der Waals surface area contributed by atoms with Crippen LogP contribution in [0.4, 0.5) is 10.1 Å². The molecule has 0 spiro atoms. The number of amides is 3. The van der Waals surface area contributed by atoms with E-state index in [-0.39, 0.29) is 47.1 Å². The molecule has 294 valence electrons. The maximum Gasteiger partial charge on any atom is 0.329 e. The largest absolute Gasteiger partial charge is 0.494 e. The molecule has 14 nitrogen and oxygen atoms in total. The van der Waals surface area contributed by atoms with Crippen molar-refractivity contribution < 1.29 is 28.2 Å². The maximum atomic E-state index is 14.7. The molecule has 15 heteroatoms. The Morgan fingerprint density at radius 1 is 1.00 bits per heavy atom. The van der Waals surface area contributed by atoms with Crippen LogP contribution in [0.5, 0.6) is 11.5 Å². The molecule has 3 amide bonds. The number of pyridine rings is 1. The first kappa shape index (κ1) is 37.4. The number of anilines is 1. The number of ether oxygens (including phenoxy) is 2. The minimum absolute atomic E-state index is 0.0230. The predicted octanol–water partition coefficient (Wildman–Crippen LogP) is 5.37. The number of methoxy groups -OCH3 is 2. The number of aromatic nitrogens is 5. The quantitative estimate of drug-likeness (QED) is 0.179. The standard InChI is InChI=1S/C41H47FN8O6/c1-41(2,42)34-15-14-32(55-4)36(44-34)39(53)43-29-17-24-22-49(46-28(24)18-33(29)56-5)26-11-9-23(10-12-26)19-48-20-25(21-48)27-7-6-8-30-37(27)47(3)40(54)50(30)31-13-16-35(51)45-38(31)52/h6-8,14-15,17-18,22-23,25-26,31H,9-13,16,19-21H2,1-5H3,(H,43,53)(H,45,51,52)/t23-,26-,31?. The number of nitrogens with zero attached hydrogens (tertiary/aromatic N) is 6. The Hall–Kier alpha value is -5.57. The average molecular weight is 767 g/mol. The molecule has 5 heterocycles. The van der Waals surface area contributed by atoms with Gasteiger partial charge in [0.05, 0.1) is 48.2 Å². The van der Waals surface area contributed by atoms with Crippen molar-refractivity contribution in [2.75, 3.05) is 39.2 Å². The number of imide groups is 1. The normalized spacial score (nSPS) is 20.9. The average Bonchev–Trinajstić information content (AvgIpc) is 3.69. The van der Waals surface area contributed by atoms with E-state index in [4.69, 9.17) is 14.6 Å². The Labute approximate surface area is 322 Å². The number of aryl methyl sites for hydroxylation is 1. The molecular weight excluding hydrogens is 719 g/mol. The van der Waals surface area contributed by atoms with E-state index in [0.29, 0.717) is 23.8 Å². The molecule has 1 unspecified atom stereocenters. The van der Waals surface area contributed by atoms with Gasteiger partial charge in [0, 0.05) is 56.7 Å². The van der Waals surface area contributed by atoms with Gasteiger partial charge in [0.2, 0.25) is 11.8 Å². The molecule has 1 aliphatic carbocycles. The molecule has 0 radical (unpaired) electrons. The van der Waals surface area contributed by atoms with Crippen molar-refractivity contribution >= 4 is 45.3 Å². The second-order valence-electron chi connectivity index (χ2n) is 15.9. The fourth-order valence-electron chi connectivity index (χ4n) is 8.71. The molecule has 2 aliphatic heterocycles. The van der Waals surface area contributed by atoms with E-state index in [1.54, 1.807) is 22.2 Å². The SMILES string of the molecule is COc1cc2nn([C@H]3CC[C@H](CN4CC(c5cccc6c5n(C)c(=O)n6C5CCC(=O)NC5=O)C4)CC3)cc2cc1NC(=O)c1nc(C(C)(C)F)ccc1OC. The third-order valence-corrected chi connectivity index (χ3v) is 11.8. The summed E-state index contributed by atoms with van der Waals surface area (Å²) in [5.74, 6) is 0.257. The molecule has 0 bridgehead atoms. The first-order valence-electron chi connectivity index (χ1n) is 19.2. The van der Waals surface area contributed by atoms with Gasteiger partial charge in [-0.2, -0.15) is 5.10 Å². The summed E-state index contributed by atoms with van der Waals surface area (Å²) in [6, 6.07) is 12.2. The highest BCUT2D eigenvalue weighted by Crippen LogP contribution is 2.39. The van der Waals surface area contributed by atoms with Crippen molar-refractivity contribution in [3.63, 3.8) is 0 Å². The van der Waals surface area contributed by atoms with Gasteiger partial charge in [-0.15, -0.1) is 0 Å². The smallest absolute Gasteiger partial charge is 0.329 e. The van der Waals surface area contributed by atoms with Gasteiger partial charge in [-0.25, -0.2) is 14.2 Å². The van der Waals surface area contributed by atoms with Crippen LogP contribution in [0.15, 0.2) is 53.5 Å². The number of fused-ring (bicyclic) bond motifs is 2. The number of alkyl halides is 1. The monoisotopic (exact) mass is 766 g/mol. The van der Waals surface area contributed by atoms with E-state index in [9.17, 15) is 23.6 Å². The second kappa shape index (κ2) is 14.5. The zero-order chi connectivity index (χ0) is 39.5. The van der Waals surface area contributed by atoms with Crippen molar-refractivity contribution in [3.8, 4) is 11.5 Å². The van der Waals surface area contributed by atoms with E-state index in [2.05, 4.69) is 26.6 Å². The summed E-state index contributed by atoms with van der Waals surface area (Å²) < 4.78 is 30.9. The summed E-state index contributed by atoms with van der Waals surface area (Å²) in [5, 5.41) is 11.0. The summed E-state index contributed by atoms with van der Waals surface area (Å²) in [5.41, 5.74) is 2.02. The lowest BCUT2D eigenvalue weighted by Crippen LogP contribution is -2.47. The Morgan fingerprint density at radius 2 is 1.75 bits per heavy atom. The number of benzene rings is 2. The van der Waals surface area contributed by atoms with Crippen LogP contribution in [-0.2, 0) is 22.3 Å². The molecule has 2 saturated heterocycles. The Bertz CT molecular complexity index is 2410. The third kappa shape index (κ3) is 6.82. The number of carbonyl (C=O) groups excluding carboxylic acids is 3. The van der Waals surface area contributed by atoms with Crippen LogP contribution < -0.4 is 25.8 Å². The fraction of sp³-hybridized carbons (Fsp3) is 0.463. The van der Waals surface area contributed by atoms with Crippen molar-refractivity contribution in [1.82, 2.24) is 34.1 Å². The van der Waals surface area contributed by atoms with Crippen molar-refractivity contribution in [2.45, 2.75) is 76.0 Å². The lowest BCUT2D eigenvalue weighted by molar-refractivity contribution is -0.135. The number of piperidine rings is 1. The number of imidazole rings is 1. The van der Waals surface area contributed by atoms with E-state index >= 15 is 0 Å². The summed E-state index contributed by atoms with van der Waals surface area (Å²) in [6.45, 7) is 5.60. The van der Waals surface area contributed by atoms with Crippen molar-refractivity contribution in [1.29, 1.82) is 0 Å². The van der Waals surface area contributed by atoms with Crippen molar-refractivity contribution in [3.05, 3.63) is 76.1 Å². The number of nitrogens with one attached hydrogen (secondary N) is 2. The van der Waals surface area contributed by atoms with Crippen LogP contribution in [-0.4, -0.2) is 80.4 Å². The molecule has 3 fully saturated rings. The number of carbonyl (C=O) groups is 3. The topological polar surface area (TPSA) is 155 Å². The van der Waals surface area contributed by atoms with Gasteiger partial charge >= 0.3 is 5.69 Å². The zero-order valence-corrected chi connectivity index (χ0v) is 32.3. The number of rotatable bonds is 10. The maximum absolute atomic E-state index is 14.7. The molecule has 1 atom stereocenters. The number of hydrogen-bond acceptors (Lipinski definition) is 9. The Morgan fingerprint density at radius 3 is 2.45 bits per heavy atom. The lowest BCUT2D eigenvalue weighted by Gasteiger charge is -2.43. The summed E-state index contributed by atoms with van der Waals surface area (Å²) in [6.07, 6.45) is 6.69. The molecular formula is C41H47FN8O6. The van der Waals surface area contributed by atoms with E-state index < -0.39 is 23.5 Å². The molecule has 3 aromatic heterocycles. The summed E-state index contributed by atoms with van der Waals surface area (Å²) >= 11 is 0. The van der Waals surface area contributed by atoms with Crippen LogP contribution in [0, 0.1) is 5.92 Å². The van der Waals surface area contributed by atoms with Gasteiger partial charge in [0.15, 0.2) is 5.69 Å². The van der Waals surface area contributed by atoms with Gasteiger partial charge in [-0.05, 0) is 81.7 Å². The lowest BCUT2D eigenvalue weighted by atomic mass is 9.83. The number of para-hydroxylation sites is 1. The second-order valence-corrected chi connectivity index (χ2v) is 15.9. The van der Waals surface area contributed by atoms with E-state index in [1.807, 2.05) is 29.1 Å². The van der Waals surface area contributed by atoms with E-state index in [0.717, 1.165) is 72.8 Å². The highest BCUT2D eigenvalue weighted by Gasteiger charge is 2.36. The van der Waals surface area contributed by atoms with Crippen LogP contribution >= 0.6 is 0 Å². The zero-order valence-electron chi connectivity index (χ0n) is 32.3. The number of hydrogen-bond donors (Lipinski definition) is 2. The fourth-order valence-corrected chi connectivity index (χ4v) is 8.71. The Balaban J connectivity index is 0.897. The molecule has 2 N–H and O–H groups in total. The summed E-state index contributed by atoms with van der Waals surface area (Å²) in [7, 11) is 4.73. The first-order valence-corrected chi connectivity index (χ1v) is 19.2. The van der Waals surface area contributed by atoms with Crippen LogP contribution in [0.25, 0.3) is 21.9 Å². The number of likely N-dealkylation sites (tertiary alicyclic amines) is 1. The van der Waals surface area contributed by atoms with Gasteiger partial charge in [0.1, 0.15) is 23.2 Å². The van der Waals surface area contributed by atoms with Gasteiger partial charge in [0.25, 0.3) is 5.91 Å². The molecule has 8 rings (SSSR count). The van der Waals surface area contributed by atoms with Gasteiger partial charge in [-0.3, -0.25) is 33.5 Å². The molecule has 2 aromatic carbocycles.